The van der Waals surface area contributed by atoms with E-state index in [0.29, 0.717) is 13.2 Å². The summed E-state index contributed by atoms with van der Waals surface area (Å²) >= 11 is 2.94. The summed E-state index contributed by atoms with van der Waals surface area (Å²) in [6, 6.07) is 9.58. The van der Waals surface area contributed by atoms with Crippen molar-refractivity contribution < 1.29 is 13.5 Å². The summed E-state index contributed by atoms with van der Waals surface area (Å²) in [5.41, 5.74) is 1.06. The zero-order chi connectivity index (χ0) is 15.2. The van der Waals surface area contributed by atoms with Gasteiger partial charge in [-0.1, -0.05) is 24.8 Å². The lowest BCUT2D eigenvalue weighted by Crippen LogP contribution is -2.02. The second-order valence-electron chi connectivity index (χ2n) is 4.34. The van der Waals surface area contributed by atoms with Gasteiger partial charge in [0.15, 0.2) is 0 Å². The summed E-state index contributed by atoms with van der Waals surface area (Å²) in [4.78, 5) is 0. The molecule has 1 N–H and O–H groups in total. The third kappa shape index (κ3) is 4.29. The van der Waals surface area contributed by atoms with Gasteiger partial charge in [0.1, 0.15) is 24.0 Å². The van der Waals surface area contributed by atoms with Crippen LogP contribution in [0.15, 0.2) is 53.5 Å². The zero-order valence-corrected chi connectivity index (χ0v) is 12.8. The molecule has 0 aliphatic carbocycles. The Bertz CT molecular complexity index is 629. The molecule has 0 atom stereocenters. The normalized spacial score (nSPS) is 10.2. The number of hydrogen-bond donors (Lipinski definition) is 1. The van der Waals surface area contributed by atoms with Crippen LogP contribution >= 0.6 is 15.9 Å². The van der Waals surface area contributed by atoms with Gasteiger partial charge in [-0.25, -0.2) is 8.78 Å². The van der Waals surface area contributed by atoms with Crippen LogP contribution in [0.5, 0.6) is 5.75 Å². The molecule has 0 saturated carbocycles. The molecule has 0 aliphatic rings. The number of ether oxygens (including phenoxy) is 1. The molecule has 0 aromatic heterocycles. The molecule has 0 bridgehead atoms. The van der Waals surface area contributed by atoms with Crippen LogP contribution in [0, 0.1) is 11.6 Å². The molecule has 2 aromatic carbocycles. The van der Waals surface area contributed by atoms with Gasteiger partial charge < -0.3 is 10.1 Å². The van der Waals surface area contributed by atoms with Crippen LogP contribution < -0.4 is 10.1 Å². The number of benzene rings is 2. The molecule has 0 radical (unpaired) electrons. The molecule has 2 aromatic rings. The average Bonchev–Trinajstić information content (AvgIpc) is 2.48. The minimum absolute atomic E-state index is 0.106. The van der Waals surface area contributed by atoms with Gasteiger partial charge in [-0.2, -0.15) is 0 Å². The van der Waals surface area contributed by atoms with Gasteiger partial charge >= 0.3 is 0 Å². The summed E-state index contributed by atoms with van der Waals surface area (Å²) in [7, 11) is 0. The SMILES string of the molecule is C=CCOc1ccc(CNc2cc(F)c(Br)cc2F)cc1. The lowest BCUT2D eigenvalue weighted by molar-refractivity contribution is 0.363. The van der Waals surface area contributed by atoms with Gasteiger partial charge in [-0.3, -0.25) is 0 Å². The highest BCUT2D eigenvalue weighted by Gasteiger charge is 2.07. The molecule has 2 nitrogen and oxygen atoms in total. The van der Waals surface area contributed by atoms with Crippen LogP contribution in [0.1, 0.15) is 5.56 Å². The fourth-order valence-corrected chi connectivity index (χ4v) is 2.03. The van der Waals surface area contributed by atoms with Gasteiger partial charge in [-0.15, -0.1) is 0 Å². The Balaban J connectivity index is 1.99. The largest absolute Gasteiger partial charge is 0.490 e. The van der Waals surface area contributed by atoms with Gasteiger partial charge in [0.25, 0.3) is 0 Å². The standard InChI is InChI=1S/C16H14BrF2NO/c1-2-7-21-12-5-3-11(4-6-12)10-20-16-9-14(18)13(17)8-15(16)19/h2-6,8-9,20H,1,7,10H2. The van der Waals surface area contributed by atoms with Gasteiger partial charge in [-0.05, 0) is 39.7 Å². The van der Waals surface area contributed by atoms with Crippen molar-refractivity contribution in [3.63, 3.8) is 0 Å². The van der Waals surface area contributed by atoms with E-state index < -0.39 is 11.6 Å². The Morgan fingerprint density at radius 2 is 1.86 bits per heavy atom. The van der Waals surface area contributed by atoms with E-state index in [9.17, 15) is 8.78 Å². The van der Waals surface area contributed by atoms with Crippen molar-refractivity contribution in [3.8, 4) is 5.75 Å². The molecular weight excluding hydrogens is 340 g/mol. The molecule has 21 heavy (non-hydrogen) atoms. The molecule has 0 fully saturated rings. The van der Waals surface area contributed by atoms with E-state index in [1.165, 1.54) is 0 Å². The van der Waals surface area contributed by atoms with Crippen LogP contribution in [0.4, 0.5) is 14.5 Å². The molecular formula is C16H14BrF2NO. The van der Waals surface area contributed by atoms with E-state index in [4.69, 9.17) is 4.74 Å². The first-order valence-corrected chi connectivity index (χ1v) is 7.10. The Labute approximate surface area is 130 Å². The summed E-state index contributed by atoms with van der Waals surface area (Å²) in [5, 5.41) is 2.87. The number of hydrogen-bond acceptors (Lipinski definition) is 2. The fraction of sp³-hybridized carbons (Fsp3) is 0.125. The summed E-state index contributed by atoms with van der Waals surface area (Å²) in [6.45, 7) is 4.41. The smallest absolute Gasteiger partial charge is 0.147 e. The van der Waals surface area contributed by atoms with Gasteiger partial charge in [0.2, 0.25) is 0 Å². The third-order valence-corrected chi connectivity index (χ3v) is 3.39. The summed E-state index contributed by atoms with van der Waals surface area (Å²) in [5.74, 6) is -0.277. The van der Waals surface area contributed by atoms with Crippen molar-refractivity contribution in [1.82, 2.24) is 0 Å². The van der Waals surface area contributed by atoms with Crippen LogP contribution in [-0.2, 0) is 6.54 Å². The highest BCUT2D eigenvalue weighted by atomic mass is 79.9. The first-order chi connectivity index (χ1) is 10.1. The van der Waals surface area contributed by atoms with Crippen LogP contribution in [0.25, 0.3) is 0 Å². The number of nitrogens with one attached hydrogen (secondary N) is 1. The number of halogens is 3. The van der Waals surface area contributed by atoms with Crippen LogP contribution in [0.2, 0.25) is 0 Å². The fourth-order valence-electron chi connectivity index (χ4n) is 1.71. The second-order valence-corrected chi connectivity index (χ2v) is 5.20. The average molecular weight is 354 g/mol. The first-order valence-electron chi connectivity index (χ1n) is 6.31. The van der Waals surface area contributed by atoms with E-state index >= 15 is 0 Å². The van der Waals surface area contributed by atoms with E-state index in [1.807, 2.05) is 24.3 Å². The number of anilines is 1. The van der Waals surface area contributed by atoms with Gasteiger partial charge in [0, 0.05) is 12.6 Å². The highest BCUT2D eigenvalue weighted by molar-refractivity contribution is 9.10. The molecule has 0 spiro atoms. The predicted octanol–water partition coefficient (Wildman–Crippen LogP) is 4.90. The predicted molar refractivity (Wildman–Crippen MR) is 83.5 cm³/mol. The highest BCUT2D eigenvalue weighted by Crippen LogP contribution is 2.24. The maximum absolute atomic E-state index is 13.6. The quantitative estimate of drug-likeness (QED) is 0.588. The summed E-state index contributed by atoms with van der Waals surface area (Å²) < 4.78 is 32.5. The monoisotopic (exact) mass is 353 g/mol. The molecule has 0 amide bonds. The van der Waals surface area contributed by atoms with Crippen molar-refractivity contribution in [1.29, 1.82) is 0 Å². The van der Waals surface area contributed by atoms with E-state index in [1.54, 1.807) is 6.08 Å². The molecule has 110 valence electrons. The Hall–Kier alpha value is -1.88. The second kappa shape index (κ2) is 7.22. The van der Waals surface area contributed by atoms with Gasteiger partial charge in [0.05, 0.1) is 10.2 Å². The van der Waals surface area contributed by atoms with E-state index in [2.05, 4.69) is 27.8 Å². The maximum atomic E-state index is 13.6. The van der Waals surface area contributed by atoms with Crippen LogP contribution in [-0.4, -0.2) is 6.61 Å². The van der Waals surface area contributed by atoms with Crippen molar-refractivity contribution in [2.45, 2.75) is 6.54 Å². The minimum atomic E-state index is -0.507. The minimum Gasteiger partial charge on any atom is -0.490 e. The topological polar surface area (TPSA) is 21.3 Å². The lowest BCUT2D eigenvalue weighted by atomic mass is 10.2. The van der Waals surface area contributed by atoms with Crippen molar-refractivity contribution in [2.75, 3.05) is 11.9 Å². The van der Waals surface area contributed by atoms with E-state index in [-0.39, 0.29) is 10.2 Å². The van der Waals surface area contributed by atoms with Crippen molar-refractivity contribution >= 4 is 21.6 Å². The Morgan fingerprint density at radius 1 is 1.14 bits per heavy atom. The number of rotatable bonds is 6. The van der Waals surface area contributed by atoms with Crippen molar-refractivity contribution in [2.24, 2.45) is 0 Å². The first kappa shape index (κ1) is 15.5. The Kier molecular flexibility index (Phi) is 5.33. The third-order valence-electron chi connectivity index (χ3n) is 2.78. The molecule has 0 unspecified atom stereocenters. The Morgan fingerprint density at radius 3 is 2.52 bits per heavy atom. The van der Waals surface area contributed by atoms with Crippen molar-refractivity contribution in [3.05, 3.63) is 70.7 Å². The molecule has 0 aliphatic heterocycles. The molecule has 2 rings (SSSR count). The summed E-state index contributed by atoms with van der Waals surface area (Å²) in [6.07, 6.45) is 1.67. The molecule has 0 saturated heterocycles. The van der Waals surface area contributed by atoms with E-state index in [0.717, 1.165) is 23.4 Å². The maximum Gasteiger partial charge on any atom is 0.147 e. The lowest BCUT2D eigenvalue weighted by Gasteiger charge is -2.09. The van der Waals surface area contributed by atoms with Crippen LogP contribution in [0.3, 0.4) is 0 Å². The molecule has 5 heteroatoms. The molecule has 0 heterocycles. The zero-order valence-electron chi connectivity index (χ0n) is 11.2.